The molecule has 1 heterocycles. The van der Waals surface area contributed by atoms with Gasteiger partial charge in [0.25, 0.3) is 5.69 Å². The van der Waals surface area contributed by atoms with Gasteiger partial charge < -0.3 is 0 Å². The summed E-state index contributed by atoms with van der Waals surface area (Å²) in [5.74, 6) is 0. The largest absolute Gasteiger partial charge is 0.275 e. The Hall–Kier alpha value is -0.810. The summed E-state index contributed by atoms with van der Waals surface area (Å²) in [6, 6.07) is 2.79. The Morgan fingerprint density at radius 1 is 1.35 bits per heavy atom. The summed E-state index contributed by atoms with van der Waals surface area (Å²) < 4.78 is 0. The lowest BCUT2D eigenvalue weighted by molar-refractivity contribution is -0.385. The highest BCUT2D eigenvalue weighted by molar-refractivity contribution is 7.99. The zero-order valence-electron chi connectivity index (χ0n) is 9.26. The third-order valence-corrected chi connectivity index (χ3v) is 4.25. The summed E-state index contributed by atoms with van der Waals surface area (Å²) in [5, 5.41) is 12.1. The van der Waals surface area contributed by atoms with Crippen LogP contribution in [0.25, 0.3) is 0 Å². The molecule has 0 aromatic carbocycles. The highest BCUT2D eigenvalue weighted by atomic mass is 35.5. The van der Waals surface area contributed by atoms with E-state index in [4.69, 9.17) is 11.6 Å². The van der Waals surface area contributed by atoms with Crippen LogP contribution in [0.1, 0.15) is 32.1 Å². The Kier molecular flexibility index (Phi) is 4.23. The Bertz CT molecular complexity index is 422. The first-order chi connectivity index (χ1) is 8.15. The number of nitrogens with zero attached hydrogens (tertiary/aromatic N) is 2. The van der Waals surface area contributed by atoms with Gasteiger partial charge in [0, 0.05) is 11.3 Å². The van der Waals surface area contributed by atoms with Crippen LogP contribution in [-0.2, 0) is 0 Å². The van der Waals surface area contributed by atoms with Crippen molar-refractivity contribution in [2.75, 3.05) is 0 Å². The van der Waals surface area contributed by atoms with E-state index in [1.165, 1.54) is 31.4 Å². The molecule has 0 N–H and O–H groups in total. The zero-order chi connectivity index (χ0) is 12.3. The van der Waals surface area contributed by atoms with Crippen molar-refractivity contribution in [2.24, 2.45) is 0 Å². The van der Waals surface area contributed by atoms with Crippen LogP contribution in [0.2, 0.25) is 5.15 Å². The number of hydrogen-bond donors (Lipinski definition) is 0. The second kappa shape index (κ2) is 5.69. The lowest BCUT2D eigenvalue weighted by Gasteiger charge is -2.20. The van der Waals surface area contributed by atoms with Crippen LogP contribution < -0.4 is 0 Å². The van der Waals surface area contributed by atoms with E-state index < -0.39 is 4.92 Å². The normalized spacial score (nSPS) is 17.0. The maximum atomic E-state index is 10.7. The van der Waals surface area contributed by atoms with E-state index in [-0.39, 0.29) is 10.8 Å². The third-order valence-electron chi connectivity index (χ3n) is 2.81. The molecule has 1 saturated carbocycles. The maximum Gasteiger partial charge on any atom is 0.275 e. The summed E-state index contributed by atoms with van der Waals surface area (Å²) in [4.78, 5) is 14.4. The molecule has 6 heteroatoms. The summed E-state index contributed by atoms with van der Waals surface area (Å²) >= 11 is 7.39. The molecule has 1 aliphatic carbocycles. The number of nitro groups is 1. The van der Waals surface area contributed by atoms with Gasteiger partial charge in [-0.15, -0.1) is 11.8 Å². The van der Waals surface area contributed by atoms with E-state index in [2.05, 4.69) is 4.98 Å². The standard InChI is InChI=1S/C11H13ClN2O2S/c12-10-6-8(14(15)16)7-11(13-10)17-9-4-2-1-3-5-9/h6-7,9H,1-5H2. The first-order valence-electron chi connectivity index (χ1n) is 5.64. The molecule has 0 bridgehead atoms. The predicted octanol–water partition coefficient (Wildman–Crippen LogP) is 4.07. The number of rotatable bonds is 3. The molecular weight excluding hydrogens is 260 g/mol. The van der Waals surface area contributed by atoms with Gasteiger partial charge >= 0.3 is 0 Å². The Balaban J connectivity index is 2.11. The first kappa shape index (κ1) is 12.6. The molecule has 1 aliphatic rings. The molecule has 2 rings (SSSR count). The van der Waals surface area contributed by atoms with Crippen molar-refractivity contribution in [2.45, 2.75) is 42.4 Å². The third kappa shape index (κ3) is 3.57. The average molecular weight is 273 g/mol. The van der Waals surface area contributed by atoms with Crippen LogP contribution in [0.3, 0.4) is 0 Å². The fourth-order valence-electron chi connectivity index (χ4n) is 1.98. The summed E-state index contributed by atoms with van der Waals surface area (Å²) in [5.41, 5.74) is 0.0170. The first-order valence-corrected chi connectivity index (χ1v) is 6.89. The van der Waals surface area contributed by atoms with E-state index in [0.29, 0.717) is 10.3 Å². The maximum absolute atomic E-state index is 10.7. The molecule has 0 aliphatic heterocycles. The number of halogens is 1. The smallest absolute Gasteiger partial charge is 0.258 e. The van der Waals surface area contributed by atoms with Crippen molar-refractivity contribution in [1.82, 2.24) is 4.98 Å². The van der Waals surface area contributed by atoms with Crippen LogP contribution >= 0.6 is 23.4 Å². The van der Waals surface area contributed by atoms with Gasteiger partial charge in [0.1, 0.15) is 10.2 Å². The SMILES string of the molecule is O=[N+]([O-])c1cc(Cl)nc(SC2CCCCC2)c1. The van der Waals surface area contributed by atoms with Crippen molar-refractivity contribution in [3.63, 3.8) is 0 Å². The van der Waals surface area contributed by atoms with Gasteiger partial charge in [0.15, 0.2) is 0 Å². The van der Waals surface area contributed by atoms with Crippen LogP contribution in [0.15, 0.2) is 17.2 Å². The molecule has 4 nitrogen and oxygen atoms in total. The molecular formula is C11H13ClN2O2S. The van der Waals surface area contributed by atoms with Gasteiger partial charge in [0.05, 0.1) is 11.0 Å². The minimum atomic E-state index is -0.432. The van der Waals surface area contributed by atoms with E-state index in [1.807, 2.05) is 0 Å². The molecule has 0 radical (unpaired) electrons. The van der Waals surface area contributed by atoms with Gasteiger partial charge in [-0.25, -0.2) is 4.98 Å². The van der Waals surface area contributed by atoms with E-state index >= 15 is 0 Å². The van der Waals surface area contributed by atoms with Gasteiger partial charge in [0.2, 0.25) is 0 Å². The molecule has 1 aromatic heterocycles. The Morgan fingerprint density at radius 2 is 2.06 bits per heavy atom. The molecule has 0 amide bonds. The highest BCUT2D eigenvalue weighted by Gasteiger charge is 2.17. The molecule has 0 saturated heterocycles. The van der Waals surface area contributed by atoms with Crippen molar-refractivity contribution in [1.29, 1.82) is 0 Å². The van der Waals surface area contributed by atoms with E-state index in [9.17, 15) is 10.1 Å². The second-order valence-corrected chi connectivity index (χ2v) is 5.83. The fourth-order valence-corrected chi connectivity index (χ4v) is 3.48. The number of aromatic nitrogens is 1. The van der Waals surface area contributed by atoms with Crippen molar-refractivity contribution >= 4 is 29.1 Å². The van der Waals surface area contributed by atoms with Crippen molar-refractivity contribution in [3.8, 4) is 0 Å². The lowest BCUT2D eigenvalue weighted by Crippen LogP contribution is -2.08. The Morgan fingerprint density at radius 3 is 2.71 bits per heavy atom. The van der Waals surface area contributed by atoms with Crippen LogP contribution in [0.5, 0.6) is 0 Å². The molecule has 92 valence electrons. The summed E-state index contributed by atoms with van der Waals surface area (Å²) in [6.45, 7) is 0. The van der Waals surface area contributed by atoms with Crippen molar-refractivity contribution < 1.29 is 4.92 Å². The number of pyridine rings is 1. The molecule has 17 heavy (non-hydrogen) atoms. The zero-order valence-corrected chi connectivity index (χ0v) is 10.8. The van der Waals surface area contributed by atoms with Crippen LogP contribution in [0.4, 0.5) is 5.69 Å². The van der Waals surface area contributed by atoms with Gasteiger partial charge in [-0.1, -0.05) is 30.9 Å². The minimum absolute atomic E-state index is 0.0170. The fraction of sp³-hybridized carbons (Fsp3) is 0.545. The van der Waals surface area contributed by atoms with Crippen LogP contribution in [0, 0.1) is 10.1 Å². The quantitative estimate of drug-likeness (QED) is 0.473. The number of thioether (sulfide) groups is 1. The highest BCUT2D eigenvalue weighted by Crippen LogP contribution is 2.34. The summed E-state index contributed by atoms with van der Waals surface area (Å²) in [6.07, 6.45) is 6.08. The van der Waals surface area contributed by atoms with Crippen molar-refractivity contribution in [3.05, 3.63) is 27.4 Å². The van der Waals surface area contributed by atoms with E-state index in [0.717, 1.165) is 12.8 Å². The molecule has 0 unspecified atom stereocenters. The average Bonchev–Trinajstić information content (AvgIpc) is 2.29. The topological polar surface area (TPSA) is 56.0 Å². The van der Waals surface area contributed by atoms with Gasteiger partial charge in [-0.05, 0) is 12.8 Å². The minimum Gasteiger partial charge on any atom is -0.258 e. The second-order valence-electron chi connectivity index (χ2n) is 4.12. The van der Waals surface area contributed by atoms with Gasteiger partial charge in [-0.2, -0.15) is 0 Å². The monoisotopic (exact) mass is 272 g/mol. The molecule has 0 spiro atoms. The Labute approximate surface area is 109 Å². The lowest BCUT2D eigenvalue weighted by atomic mass is 10.0. The van der Waals surface area contributed by atoms with E-state index in [1.54, 1.807) is 11.8 Å². The molecule has 1 aromatic rings. The van der Waals surface area contributed by atoms with Gasteiger partial charge in [-0.3, -0.25) is 10.1 Å². The molecule has 0 atom stereocenters. The molecule has 1 fully saturated rings. The number of hydrogen-bond acceptors (Lipinski definition) is 4. The van der Waals surface area contributed by atoms with Crippen LogP contribution in [-0.4, -0.2) is 15.2 Å². The summed E-state index contributed by atoms with van der Waals surface area (Å²) in [7, 11) is 0. The predicted molar refractivity (Wildman–Crippen MR) is 68.6 cm³/mol.